The lowest BCUT2D eigenvalue weighted by molar-refractivity contribution is 0.1000. The van der Waals surface area contributed by atoms with Crippen LogP contribution in [0, 0.1) is 0 Å². The second-order valence-electron chi connectivity index (χ2n) is 3.54. The van der Waals surface area contributed by atoms with Gasteiger partial charge in [0, 0.05) is 19.3 Å². The maximum Gasteiger partial charge on any atom is 0.250 e. The molecule has 0 spiro atoms. The molecule has 0 atom stereocenters. The molecule has 0 aromatic carbocycles. The summed E-state index contributed by atoms with van der Waals surface area (Å²) in [5.41, 5.74) is 5.37. The van der Waals surface area contributed by atoms with Crippen LogP contribution in [0.15, 0.2) is 18.3 Å². The highest BCUT2D eigenvalue weighted by atomic mass is 32.2. The number of carbonyl (C=O) groups is 1. The van der Waals surface area contributed by atoms with E-state index < -0.39 is 15.9 Å². The third-order valence-electron chi connectivity index (χ3n) is 2.09. The Morgan fingerprint density at radius 1 is 1.44 bits per heavy atom. The molecule has 1 heterocycles. The first kappa shape index (κ1) is 14.4. The number of nitrogens with one attached hydrogen (secondary N) is 2. The molecule has 0 radical (unpaired) electrons. The van der Waals surface area contributed by atoms with E-state index in [1.807, 2.05) is 0 Å². The van der Waals surface area contributed by atoms with Crippen LogP contribution >= 0.6 is 0 Å². The number of nitrogens with zero attached hydrogens (tertiary/aromatic N) is 1. The number of aromatic nitrogens is 1. The van der Waals surface area contributed by atoms with Crippen molar-refractivity contribution in [3.63, 3.8) is 0 Å². The molecule has 0 aliphatic rings. The van der Waals surface area contributed by atoms with E-state index in [0.29, 0.717) is 17.9 Å². The first-order chi connectivity index (χ1) is 8.44. The zero-order chi connectivity index (χ0) is 13.6. The van der Waals surface area contributed by atoms with Gasteiger partial charge in [0.05, 0.1) is 11.3 Å². The predicted octanol–water partition coefficient (Wildman–Crippen LogP) is -0.468. The van der Waals surface area contributed by atoms with Gasteiger partial charge in [-0.3, -0.25) is 4.79 Å². The van der Waals surface area contributed by atoms with Crippen molar-refractivity contribution in [2.24, 2.45) is 5.73 Å². The summed E-state index contributed by atoms with van der Waals surface area (Å²) in [6.45, 7) is 2.32. The first-order valence-electron chi connectivity index (χ1n) is 5.41. The molecule has 0 aliphatic carbocycles. The van der Waals surface area contributed by atoms with Crippen LogP contribution in [-0.2, 0) is 10.0 Å². The van der Waals surface area contributed by atoms with E-state index in [0.717, 1.165) is 0 Å². The van der Waals surface area contributed by atoms with Gasteiger partial charge in [0.15, 0.2) is 0 Å². The molecule has 8 heteroatoms. The predicted molar refractivity (Wildman–Crippen MR) is 68.7 cm³/mol. The average molecular weight is 272 g/mol. The summed E-state index contributed by atoms with van der Waals surface area (Å²) >= 11 is 0. The van der Waals surface area contributed by atoms with Crippen LogP contribution in [0.2, 0.25) is 0 Å². The Bertz CT molecular complexity index is 498. The Hall–Kier alpha value is -1.67. The summed E-state index contributed by atoms with van der Waals surface area (Å²) in [4.78, 5) is 14.7. The minimum Gasteiger partial charge on any atom is -0.369 e. The molecule has 4 N–H and O–H groups in total. The molecular formula is C10H16N4O3S. The maximum absolute atomic E-state index is 11.3. The van der Waals surface area contributed by atoms with Crippen molar-refractivity contribution in [3.05, 3.63) is 23.9 Å². The number of primary amides is 1. The molecule has 1 aromatic rings. The van der Waals surface area contributed by atoms with Gasteiger partial charge in [-0.1, -0.05) is 6.92 Å². The van der Waals surface area contributed by atoms with Crippen molar-refractivity contribution >= 4 is 21.7 Å². The molecule has 1 aromatic heterocycles. The van der Waals surface area contributed by atoms with Crippen LogP contribution in [0.5, 0.6) is 0 Å². The Kier molecular flexibility index (Phi) is 5.05. The lowest BCUT2D eigenvalue weighted by Gasteiger charge is -2.07. The average Bonchev–Trinajstić information content (AvgIpc) is 2.29. The van der Waals surface area contributed by atoms with Crippen molar-refractivity contribution in [3.8, 4) is 0 Å². The lowest BCUT2D eigenvalue weighted by atomic mass is 10.3. The summed E-state index contributed by atoms with van der Waals surface area (Å²) in [6.07, 6.45) is 1.34. The monoisotopic (exact) mass is 272 g/mol. The fraction of sp³-hybridized carbons (Fsp3) is 0.400. The number of rotatable bonds is 7. The third-order valence-corrected chi connectivity index (χ3v) is 3.56. The van der Waals surface area contributed by atoms with Crippen LogP contribution in [-0.4, -0.2) is 38.2 Å². The third kappa shape index (κ3) is 4.68. The largest absolute Gasteiger partial charge is 0.369 e. The Labute approximate surface area is 106 Å². The normalized spacial score (nSPS) is 11.2. The van der Waals surface area contributed by atoms with E-state index >= 15 is 0 Å². The number of carbonyl (C=O) groups excluding carboxylic acids is 1. The van der Waals surface area contributed by atoms with Crippen LogP contribution < -0.4 is 15.8 Å². The summed E-state index contributed by atoms with van der Waals surface area (Å²) < 4.78 is 25.0. The molecule has 0 bridgehead atoms. The van der Waals surface area contributed by atoms with Gasteiger partial charge in [-0.15, -0.1) is 0 Å². The molecule has 100 valence electrons. The van der Waals surface area contributed by atoms with Gasteiger partial charge in [0.1, 0.15) is 5.82 Å². The number of hydrogen-bond acceptors (Lipinski definition) is 5. The molecule has 1 rings (SSSR count). The molecule has 0 saturated carbocycles. The van der Waals surface area contributed by atoms with E-state index in [1.165, 1.54) is 12.3 Å². The number of nitrogens with two attached hydrogens (primary N) is 1. The zero-order valence-electron chi connectivity index (χ0n) is 10.0. The standard InChI is InChI=1S/C10H16N4O3S/c1-2-14-18(16,17)6-5-12-9-4-3-8(7-13-9)10(11)15/h3-4,7,14H,2,5-6H2,1H3,(H2,11,15)(H,12,13). The number of amides is 1. The number of anilines is 1. The van der Waals surface area contributed by atoms with Gasteiger partial charge in [0.2, 0.25) is 15.9 Å². The highest BCUT2D eigenvalue weighted by Gasteiger charge is 2.07. The number of hydrogen-bond donors (Lipinski definition) is 3. The second kappa shape index (κ2) is 6.31. The summed E-state index contributed by atoms with van der Waals surface area (Å²) in [5, 5.41) is 2.84. The summed E-state index contributed by atoms with van der Waals surface area (Å²) in [7, 11) is -3.24. The molecule has 1 amide bonds. The van der Waals surface area contributed by atoms with Gasteiger partial charge in [-0.05, 0) is 12.1 Å². The van der Waals surface area contributed by atoms with Crippen molar-refractivity contribution in [2.75, 3.05) is 24.2 Å². The van der Waals surface area contributed by atoms with Gasteiger partial charge in [0.25, 0.3) is 0 Å². The van der Waals surface area contributed by atoms with E-state index in [9.17, 15) is 13.2 Å². The van der Waals surface area contributed by atoms with E-state index in [-0.39, 0.29) is 12.3 Å². The summed E-state index contributed by atoms with van der Waals surface area (Å²) in [5.74, 6) is -0.101. The first-order valence-corrected chi connectivity index (χ1v) is 7.07. The molecule has 0 aliphatic heterocycles. The SMILES string of the molecule is CCNS(=O)(=O)CCNc1ccc(C(N)=O)cn1. The van der Waals surface area contributed by atoms with Gasteiger partial charge in [-0.25, -0.2) is 18.1 Å². The fourth-order valence-electron chi connectivity index (χ4n) is 1.25. The highest BCUT2D eigenvalue weighted by molar-refractivity contribution is 7.89. The topological polar surface area (TPSA) is 114 Å². The van der Waals surface area contributed by atoms with Gasteiger partial charge in [-0.2, -0.15) is 0 Å². The Balaban J connectivity index is 2.47. The van der Waals surface area contributed by atoms with Crippen molar-refractivity contribution < 1.29 is 13.2 Å². The molecule has 0 unspecified atom stereocenters. The van der Waals surface area contributed by atoms with Gasteiger partial charge < -0.3 is 11.1 Å². The fourth-order valence-corrected chi connectivity index (χ4v) is 2.20. The highest BCUT2D eigenvalue weighted by Crippen LogP contribution is 2.04. The molecule has 7 nitrogen and oxygen atoms in total. The van der Waals surface area contributed by atoms with Crippen LogP contribution in [0.3, 0.4) is 0 Å². The Morgan fingerprint density at radius 3 is 2.67 bits per heavy atom. The van der Waals surface area contributed by atoms with Crippen LogP contribution in [0.4, 0.5) is 5.82 Å². The van der Waals surface area contributed by atoms with Crippen LogP contribution in [0.25, 0.3) is 0 Å². The number of sulfonamides is 1. The minimum atomic E-state index is -3.24. The molecule has 18 heavy (non-hydrogen) atoms. The number of pyridine rings is 1. The molecule has 0 saturated heterocycles. The van der Waals surface area contributed by atoms with Crippen molar-refractivity contribution in [1.82, 2.24) is 9.71 Å². The maximum atomic E-state index is 11.3. The Morgan fingerprint density at radius 2 is 2.17 bits per heavy atom. The van der Waals surface area contributed by atoms with Crippen molar-refractivity contribution in [1.29, 1.82) is 0 Å². The van der Waals surface area contributed by atoms with Crippen LogP contribution in [0.1, 0.15) is 17.3 Å². The smallest absolute Gasteiger partial charge is 0.250 e. The summed E-state index contributed by atoms with van der Waals surface area (Å²) in [6, 6.07) is 3.09. The van der Waals surface area contributed by atoms with Gasteiger partial charge >= 0.3 is 0 Å². The van der Waals surface area contributed by atoms with E-state index in [4.69, 9.17) is 5.73 Å². The molecular weight excluding hydrogens is 256 g/mol. The van der Waals surface area contributed by atoms with Crippen molar-refractivity contribution in [2.45, 2.75) is 6.92 Å². The minimum absolute atomic E-state index is 0.0416. The van der Waals surface area contributed by atoms with E-state index in [2.05, 4.69) is 15.0 Å². The second-order valence-corrected chi connectivity index (χ2v) is 5.47. The van der Waals surface area contributed by atoms with E-state index in [1.54, 1.807) is 13.0 Å². The molecule has 0 fully saturated rings. The quantitative estimate of drug-likeness (QED) is 0.621. The zero-order valence-corrected chi connectivity index (χ0v) is 10.8. The lowest BCUT2D eigenvalue weighted by Crippen LogP contribution is -2.29.